The van der Waals surface area contributed by atoms with Gasteiger partial charge in [0.1, 0.15) is 0 Å². The van der Waals surface area contributed by atoms with E-state index in [2.05, 4.69) is 15.6 Å². The minimum Gasteiger partial charge on any atom is -0.385 e. The maximum atomic E-state index is 13.6. The number of methoxy groups -OCH3 is 1. The molecule has 1 fully saturated rings. The molecular formula is C18H28F2IN3O. The van der Waals surface area contributed by atoms with Crippen molar-refractivity contribution in [2.75, 3.05) is 33.9 Å². The zero-order valence-corrected chi connectivity index (χ0v) is 17.2. The van der Waals surface area contributed by atoms with Crippen LogP contribution in [0, 0.1) is 17.0 Å². The van der Waals surface area contributed by atoms with Crippen LogP contribution in [-0.2, 0) is 11.2 Å². The number of guanidine groups is 1. The SMILES string of the molecule is CN=C(NCCc1cccc(F)c1F)NCC1(CCOC)CCC1.I. The molecule has 0 atom stereocenters. The minimum absolute atomic E-state index is 0. The van der Waals surface area contributed by atoms with Gasteiger partial charge in [0.2, 0.25) is 0 Å². The number of nitrogens with zero attached hydrogens (tertiary/aromatic N) is 1. The van der Waals surface area contributed by atoms with Crippen molar-refractivity contribution in [1.29, 1.82) is 0 Å². The van der Waals surface area contributed by atoms with Gasteiger partial charge in [0.25, 0.3) is 0 Å². The van der Waals surface area contributed by atoms with E-state index in [-0.39, 0.29) is 24.0 Å². The van der Waals surface area contributed by atoms with Crippen molar-refractivity contribution in [3.05, 3.63) is 35.4 Å². The molecule has 1 aromatic rings. The van der Waals surface area contributed by atoms with Crippen molar-refractivity contribution in [2.45, 2.75) is 32.1 Å². The largest absolute Gasteiger partial charge is 0.385 e. The Hall–Kier alpha value is -0.960. The van der Waals surface area contributed by atoms with Crippen LogP contribution in [0.15, 0.2) is 23.2 Å². The van der Waals surface area contributed by atoms with E-state index in [0.29, 0.717) is 29.9 Å². The summed E-state index contributed by atoms with van der Waals surface area (Å²) in [7, 11) is 3.44. The predicted molar refractivity (Wildman–Crippen MR) is 108 cm³/mol. The Morgan fingerprint density at radius 3 is 2.64 bits per heavy atom. The van der Waals surface area contributed by atoms with Crippen LogP contribution in [0.3, 0.4) is 0 Å². The lowest BCUT2D eigenvalue weighted by atomic mass is 9.67. The van der Waals surface area contributed by atoms with Crippen LogP contribution >= 0.6 is 24.0 Å². The number of aliphatic imine (C=N–C) groups is 1. The highest BCUT2D eigenvalue weighted by atomic mass is 127. The Kier molecular flexibility index (Phi) is 9.63. The second kappa shape index (κ2) is 10.9. The topological polar surface area (TPSA) is 45.7 Å². The molecule has 1 aliphatic carbocycles. The smallest absolute Gasteiger partial charge is 0.191 e. The molecule has 0 saturated heterocycles. The average Bonchev–Trinajstić information content (AvgIpc) is 2.55. The molecule has 2 rings (SSSR count). The Labute approximate surface area is 165 Å². The molecule has 0 heterocycles. The van der Waals surface area contributed by atoms with Gasteiger partial charge < -0.3 is 15.4 Å². The van der Waals surface area contributed by atoms with Crippen LogP contribution in [0.4, 0.5) is 8.78 Å². The first-order valence-electron chi connectivity index (χ1n) is 8.46. The second-order valence-corrected chi connectivity index (χ2v) is 6.41. The molecule has 1 aromatic carbocycles. The lowest BCUT2D eigenvalue weighted by Crippen LogP contribution is -2.47. The summed E-state index contributed by atoms with van der Waals surface area (Å²) in [6.07, 6.45) is 5.11. The number of rotatable bonds is 8. The number of halogens is 3. The summed E-state index contributed by atoms with van der Waals surface area (Å²) in [6, 6.07) is 4.26. The van der Waals surface area contributed by atoms with Crippen LogP contribution in [-0.4, -0.2) is 39.8 Å². The van der Waals surface area contributed by atoms with Crippen LogP contribution in [0.2, 0.25) is 0 Å². The third-order valence-corrected chi connectivity index (χ3v) is 4.82. The van der Waals surface area contributed by atoms with E-state index in [1.165, 1.54) is 25.3 Å². The lowest BCUT2D eigenvalue weighted by Gasteiger charge is -2.42. The summed E-state index contributed by atoms with van der Waals surface area (Å²) < 4.78 is 32.0. The van der Waals surface area contributed by atoms with Crippen molar-refractivity contribution in [3.8, 4) is 0 Å². The normalized spacial score (nSPS) is 15.9. The molecular weight excluding hydrogens is 439 g/mol. The van der Waals surface area contributed by atoms with Gasteiger partial charge in [-0.05, 0) is 42.7 Å². The minimum atomic E-state index is -0.805. The van der Waals surface area contributed by atoms with Gasteiger partial charge in [-0.2, -0.15) is 0 Å². The molecule has 7 heteroatoms. The summed E-state index contributed by atoms with van der Waals surface area (Å²) in [5, 5.41) is 6.51. The van der Waals surface area contributed by atoms with Crippen molar-refractivity contribution >= 4 is 29.9 Å². The molecule has 0 aromatic heterocycles. The van der Waals surface area contributed by atoms with E-state index >= 15 is 0 Å². The first-order valence-corrected chi connectivity index (χ1v) is 8.46. The maximum absolute atomic E-state index is 13.6. The summed E-state index contributed by atoms with van der Waals surface area (Å²) in [5.74, 6) is -0.884. The van der Waals surface area contributed by atoms with E-state index < -0.39 is 11.6 Å². The second-order valence-electron chi connectivity index (χ2n) is 6.41. The zero-order valence-electron chi connectivity index (χ0n) is 14.9. The molecule has 0 bridgehead atoms. The van der Waals surface area contributed by atoms with Gasteiger partial charge >= 0.3 is 0 Å². The maximum Gasteiger partial charge on any atom is 0.191 e. The van der Waals surface area contributed by atoms with Crippen molar-refractivity contribution in [3.63, 3.8) is 0 Å². The highest BCUT2D eigenvalue weighted by Crippen LogP contribution is 2.43. The molecule has 4 nitrogen and oxygen atoms in total. The fourth-order valence-corrected chi connectivity index (χ4v) is 3.06. The third kappa shape index (κ3) is 6.36. The van der Waals surface area contributed by atoms with E-state index in [1.54, 1.807) is 20.2 Å². The van der Waals surface area contributed by atoms with Gasteiger partial charge in [0.05, 0.1) is 0 Å². The molecule has 0 spiro atoms. The quantitative estimate of drug-likeness (QED) is 0.350. The summed E-state index contributed by atoms with van der Waals surface area (Å²) in [6.45, 7) is 2.11. The molecule has 1 aliphatic rings. The van der Waals surface area contributed by atoms with Crippen LogP contribution in [0.25, 0.3) is 0 Å². The number of benzene rings is 1. The molecule has 142 valence electrons. The van der Waals surface area contributed by atoms with Crippen LogP contribution in [0.5, 0.6) is 0 Å². The zero-order chi connectivity index (χ0) is 17.4. The van der Waals surface area contributed by atoms with Crippen molar-refractivity contribution < 1.29 is 13.5 Å². The fraction of sp³-hybridized carbons (Fsp3) is 0.611. The van der Waals surface area contributed by atoms with E-state index in [4.69, 9.17) is 4.74 Å². The summed E-state index contributed by atoms with van der Waals surface area (Å²) >= 11 is 0. The van der Waals surface area contributed by atoms with Gasteiger partial charge in [0, 0.05) is 33.9 Å². The average molecular weight is 467 g/mol. The molecule has 1 saturated carbocycles. The molecule has 0 radical (unpaired) electrons. The number of hydrogen-bond donors (Lipinski definition) is 2. The molecule has 0 amide bonds. The Morgan fingerprint density at radius 1 is 1.28 bits per heavy atom. The van der Waals surface area contributed by atoms with Gasteiger partial charge in [-0.15, -0.1) is 24.0 Å². The van der Waals surface area contributed by atoms with Crippen molar-refractivity contribution in [2.24, 2.45) is 10.4 Å². The first kappa shape index (κ1) is 22.1. The molecule has 2 N–H and O–H groups in total. The summed E-state index contributed by atoms with van der Waals surface area (Å²) in [5.41, 5.74) is 0.663. The predicted octanol–water partition coefficient (Wildman–Crippen LogP) is 3.50. The highest BCUT2D eigenvalue weighted by Gasteiger charge is 2.36. The standard InChI is InChI=1S/C18H27F2N3O.HI/c1-21-17(23-13-18(8-4-9-18)10-12-24-2)22-11-7-14-5-3-6-15(19)16(14)20;/h3,5-6H,4,7-13H2,1-2H3,(H2,21,22,23);1H. The molecule has 0 aliphatic heterocycles. The van der Waals surface area contributed by atoms with E-state index in [0.717, 1.165) is 25.6 Å². The number of nitrogens with one attached hydrogen (secondary N) is 2. The highest BCUT2D eigenvalue weighted by molar-refractivity contribution is 14.0. The Balaban J connectivity index is 0.00000312. The van der Waals surface area contributed by atoms with Gasteiger partial charge in [-0.1, -0.05) is 18.6 Å². The molecule has 0 unspecified atom stereocenters. The monoisotopic (exact) mass is 467 g/mol. The lowest BCUT2D eigenvalue weighted by molar-refractivity contribution is 0.0732. The van der Waals surface area contributed by atoms with Gasteiger partial charge in [-0.3, -0.25) is 4.99 Å². The van der Waals surface area contributed by atoms with Crippen LogP contribution < -0.4 is 10.6 Å². The molecule has 25 heavy (non-hydrogen) atoms. The fourth-order valence-electron chi connectivity index (χ4n) is 3.06. The Morgan fingerprint density at radius 2 is 2.04 bits per heavy atom. The van der Waals surface area contributed by atoms with E-state index in [9.17, 15) is 8.78 Å². The van der Waals surface area contributed by atoms with Gasteiger partial charge in [-0.25, -0.2) is 8.78 Å². The number of ether oxygens (including phenoxy) is 1. The van der Waals surface area contributed by atoms with E-state index in [1.807, 2.05) is 0 Å². The summed E-state index contributed by atoms with van der Waals surface area (Å²) in [4.78, 5) is 4.20. The van der Waals surface area contributed by atoms with Crippen molar-refractivity contribution in [1.82, 2.24) is 10.6 Å². The Bertz CT molecular complexity index is 565. The van der Waals surface area contributed by atoms with Crippen LogP contribution in [0.1, 0.15) is 31.2 Å². The first-order chi connectivity index (χ1) is 11.6. The van der Waals surface area contributed by atoms with Gasteiger partial charge in [0.15, 0.2) is 17.6 Å². The third-order valence-electron chi connectivity index (χ3n) is 4.82. The number of hydrogen-bond acceptors (Lipinski definition) is 2.